The molecule has 11 rings (SSSR count). The van der Waals surface area contributed by atoms with Crippen LogP contribution in [0.5, 0.6) is 0 Å². The molecule has 0 saturated carbocycles. The van der Waals surface area contributed by atoms with Gasteiger partial charge in [0.05, 0.1) is 0 Å². The van der Waals surface area contributed by atoms with Gasteiger partial charge in [-0.15, -0.1) is 0 Å². The molecule has 0 atom stereocenters. The van der Waals surface area contributed by atoms with Crippen LogP contribution >= 0.6 is 0 Å². The Labute approximate surface area is 275 Å². The Bertz CT molecular complexity index is 2890. The zero-order valence-electron chi connectivity index (χ0n) is 25.8. The first-order chi connectivity index (χ1) is 23.8. The lowest BCUT2D eigenvalue weighted by atomic mass is 9.93. The summed E-state index contributed by atoms with van der Waals surface area (Å²) in [6, 6.07) is 56.6. The van der Waals surface area contributed by atoms with E-state index < -0.39 is 0 Å². The lowest BCUT2D eigenvalue weighted by molar-refractivity contribution is 0.670. The van der Waals surface area contributed by atoms with Crippen molar-refractivity contribution >= 4 is 87.0 Å². The molecule has 0 aliphatic heterocycles. The van der Waals surface area contributed by atoms with E-state index in [9.17, 15) is 0 Å². The van der Waals surface area contributed by atoms with Gasteiger partial charge >= 0.3 is 0 Å². The normalized spacial score (nSPS) is 12.2. The number of rotatable bonds is 2. The Kier molecular flexibility index (Phi) is 5.14. The molecule has 0 spiro atoms. The third kappa shape index (κ3) is 3.63. The third-order valence-electron chi connectivity index (χ3n) is 10.2. The molecule has 11 aromatic rings. The van der Waals surface area contributed by atoms with Crippen LogP contribution in [0.2, 0.25) is 0 Å². The summed E-state index contributed by atoms with van der Waals surface area (Å²) >= 11 is 0. The molecule has 0 radical (unpaired) electrons. The summed E-state index contributed by atoms with van der Waals surface area (Å²) in [4.78, 5) is 0. The minimum absolute atomic E-state index is 0.911. The van der Waals surface area contributed by atoms with Gasteiger partial charge in [-0.1, -0.05) is 121 Å². The lowest BCUT2D eigenvalue weighted by Gasteiger charge is -2.10. The zero-order valence-corrected chi connectivity index (χ0v) is 25.8. The molecule has 0 aliphatic carbocycles. The van der Waals surface area contributed by atoms with Crippen molar-refractivity contribution in [1.82, 2.24) is 0 Å². The summed E-state index contributed by atoms with van der Waals surface area (Å²) in [7, 11) is 0. The van der Waals surface area contributed by atoms with Gasteiger partial charge in [-0.2, -0.15) is 0 Å². The third-order valence-corrected chi connectivity index (χ3v) is 10.2. The molecular weight excluding hydrogens is 585 g/mol. The molecule has 0 bridgehead atoms. The number of hydrogen-bond donors (Lipinski definition) is 0. The average Bonchev–Trinajstić information content (AvgIpc) is 3.71. The lowest BCUT2D eigenvalue weighted by Crippen LogP contribution is -1.85. The molecule has 0 unspecified atom stereocenters. The standard InChI is InChI=1S/C46H26O2/c1-3-11-31-25-41-39(21-29(31)9-1)43-35-15-7-5-13-33(35)23-37(45(43)47-41)27-17-19-28(20-18-27)38-24-34-14-6-8-16-36(34)44-40-22-30-10-2-4-12-32(30)26-42(40)48-46(38)44/h1-26H. The smallest absolute Gasteiger partial charge is 0.143 e. The van der Waals surface area contributed by atoms with E-state index in [1.54, 1.807) is 0 Å². The van der Waals surface area contributed by atoms with Crippen LogP contribution in [0.15, 0.2) is 167 Å². The van der Waals surface area contributed by atoms with Gasteiger partial charge in [0, 0.05) is 32.7 Å². The van der Waals surface area contributed by atoms with Crippen molar-refractivity contribution < 1.29 is 8.83 Å². The van der Waals surface area contributed by atoms with Gasteiger partial charge in [-0.25, -0.2) is 0 Å². The fourth-order valence-electron chi connectivity index (χ4n) is 7.88. The highest BCUT2D eigenvalue weighted by Crippen LogP contribution is 2.44. The van der Waals surface area contributed by atoms with E-state index in [2.05, 4.69) is 158 Å². The molecule has 0 fully saturated rings. The average molecular weight is 611 g/mol. The second-order valence-electron chi connectivity index (χ2n) is 12.9. The maximum absolute atomic E-state index is 6.73. The van der Waals surface area contributed by atoms with Gasteiger partial charge in [-0.05, 0) is 90.6 Å². The van der Waals surface area contributed by atoms with Crippen molar-refractivity contribution in [3.8, 4) is 22.3 Å². The van der Waals surface area contributed by atoms with E-state index in [4.69, 9.17) is 8.83 Å². The van der Waals surface area contributed by atoms with Crippen molar-refractivity contribution in [3.05, 3.63) is 158 Å². The molecule has 0 aliphatic rings. The van der Waals surface area contributed by atoms with E-state index >= 15 is 0 Å². The summed E-state index contributed by atoms with van der Waals surface area (Å²) in [6.07, 6.45) is 0. The van der Waals surface area contributed by atoms with Crippen LogP contribution < -0.4 is 0 Å². The van der Waals surface area contributed by atoms with E-state index in [0.717, 1.165) is 55.4 Å². The number of fused-ring (bicyclic) bond motifs is 12. The first-order valence-corrected chi connectivity index (χ1v) is 16.4. The second-order valence-corrected chi connectivity index (χ2v) is 12.9. The Morgan fingerprint density at radius 2 is 0.646 bits per heavy atom. The quantitative estimate of drug-likeness (QED) is 0.195. The highest BCUT2D eigenvalue weighted by Gasteiger charge is 2.19. The van der Waals surface area contributed by atoms with Crippen molar-refractivity contribution in [2.24, 2.45) is 0 Å². The molecule has 2 heteroatoms. The summed E-state index contributed by atoms with van der Waals surface area (Å²) in [6.45, 7) is 0. The van der Waals surface area contributed by atoms with Crippen LogP contribution in [0, 0.1) is 0 Å². The second kappa shape index (κ2) is 9.57. The van der Waals surface area contributed by atoms with Gasteiger partial charge in [0.25, 0.3) is 0 Å². The van der Waals surface area contributed by atoms with Crippen molar-refractivity contribution in [1.29, 1.82) is 0 Å². The largest absolute Gasteiger partial charge is 0.455 e. The molecule has 0 saturated heterocycles. The molecular formula is C46H26O2. The predicted molar refractivity (Wildman–Crippen MR) is 202 cm³/mol. The van der Waals surface area contributed by atoms with Gasteiger partial charge in [0.15, 0.2) is 0 Å². The Hall–Kier alpha value is -6.38. The van der Waals surface area contributed by atoms with Crippen LogP contribution in [-0.4, -0.2) is 0 Å². The van der Waals surface area contributed by atoms with Gasteiger partial charge < -0.3 is 8.83 Å². The highest BCUT2D eigenvalue weighted by molar-refractivity contribution is 6.25. The molecule has 48 heavy (non-hydrogen) atoms. The van der Waals surface area contributed by atoms with E-state index in [0.29, 0.717) is 0 Å². The fraction of sp³-hybridized carbons (Fsp3) is 0. The monoisotopic (exact) mass is 610 g/mol. The first kappa shape index (κ1) is 25.8. The van der Waals surface area contributed by atoms with Crippen LogP contribution in [0.3, 0.4) is 0 Å². The molecule has 2 nitrogen and oxygen atoms in total. The van der Waals surface area contributed by atoms with Gasteiger partial charge in [0.1, 0.15) is 22.3 Å². The van der Waals surface area contributed by atoms with Crippen LogP contribution in [0.1, 0.15) is 0 Å². The summed E-state index contributed by atoms with van der Waals surface area (Å²) in [5, 5.41) is 14.2. The summed E-state index contributed by atoms with van der Waals surface area (Å²) < 4.78 is 13.5. The van der Waals surface area contributed by atoms with Gasteiger partial charge in [0.2, 0.25) is 0 Å². The maximum atomic E-state index is 6.73. The van der Waals surface area contributed by atoms with E-state index in [1.165, 1.54) is 53.9 Å². The zero-order chi connectivity index (χ0) is 31.3. The minimum atomic E-state index is 0.911. The summed E-state index contributed by atoms with van der Waals surface area (Å²) in [5.41, 5.74) is 8.08. The molecule has 9 aromatic carbocycles. The van der Waals surface area contributed by atoms with E-state index in [1.807, 2.05) is 0 Å². The molecule has 2 heterocycles. The highest BCUT2D eigenvalue weighted by atomic mass is 16.3. The Morgan fingerprint density at radius 1 is 0.292 bits per heavy atom. The van der Waals surface area contributed by atoms with Crippen LogP contribution in [0.25, 0.3) is 109 Å². The van der Waals surface area contributed by atoms with Crippen LogP contribution in [-0.2, 0) is 0 Å². The molecule has 222 valence electrons. The SMILES string of the molecule is c1ccc2cc3c(cc2c1)oc1c(-c2ccc(-c4cc5ccccc5c5c4oc4cc6ccccc6cc45)cc2)cc2ccccc2c13. The predicted octanol–water partition coefficient (Wildman–Crippen LogP) is 13.4. The summed E-state index contributed by atoms with van der Waals surface area (Å²) in [5.74, 6) is 0. The first-order valence-electron chi connectivity index (χ1n) is 16.4. The molecule has 0 N–H and O–H groups in total. The minimum Gasteiger partial charge on any atom is -0.455 e. The van der Waals surface area contributed by atoms with Crippen molar-refractivity contribution in [3.63, 3.8) is 0 Å². The van der Waals surface area contributed by atoms with Crippen LogP contribution in [0.4, 0.5) is 0 Å². The molecule has 0 amide bonds. The van der Waals surface area contributed by atoms with Crippen molar-refractivity contribution in [2.75, 3.05) is 0 Å². The number of furan rings is 2. The topological polar surface area (TPSA) is 26.3 Å². The number of benzene rings is 9. The fourth-order valence-corrected chi connectivity index (χ4v) is 7.88. The molecule has 2 aromatic heterocycles. The Balaban J connectivity index is 1.14. The van der Waals surface area contributed by atoms with Gasteiger partial charge in [-0.3, -0.25) is 0 Å². The maximum Gasteiger partial charge on any atom is 0.143 e. The van der Waals surface area contributed by atoms with Crippen molar-refractivity contribution in [2.45, 2.75) is 0 Å². The number of hydrogen-bond acceptors (Lipinski definition) is 2. The Morgan fingerprint density at radius 3 is 1.06 bits per heavy atom. The van der Waals surface area contributed by atoms with E-state index in [-0.39, 0.29) is 0 Å².